The number of rotatable bonds is 6. The lowest BCUT2D eigenvalue weighted by Gasteiger charge is -2.29. The van der Waals surface area contributed by atoms with Gasteiger partial charge in [0.2, 0.25) is 0 Å². The molecule has 6 nitrogen and oxygen atoms in total. The molecular formula is C22H25FN2O4. The number of methoxy groups -OCH3 is 1. The van der Waals surface area contributed by atoms with Gasteiger partial charge < -0.3 is 14.2 Å². The van der Waals surface area contributed by atoms with Crippen LogP contribution in [0.1, 0.15) is 62.2 Å². The highest BCUT2D eigenvalue weighted by Gasteiger charge is 2.40. The number of hydrogen-bond donors (Lipinski definition) is 0. The van der Waals surface area contributed by atoms with Crippen LogP contribution in [0.5, 0.6) is 0 Å². The third kappa shape index (κ3) is 3.69. The maximum atomic E-state index is 13.6. The van der Waals surface area contributed by atoms with E-state index >= 15 is 0 Å². The van der Waals surface area contributed by atoms with E-state index in [1.165, 1.54) is 25.3 Å². The first kappa shape index (κ1) is 20.8. The number of ketones is 1. The molecule has 0 N–H and O–H groups in total. The number of nitrogens with zero attached hydrogens (tertiary/aromatic N) is 2. The topological polar surface area (TPSA) is 68.6 Å². The minimum Gasteiger partial charge on any atom is -0.464 e. The highest BCUT2D eigenvalue weighted by Crippen LogP contribution is 2.32. The molecule has 1 fully saturated rings. The van der Waals surface area contributed by atoms with Crippen LogP contribution in [0.2, 0.25) is 0 Å². The van der Waals surface area contributed by atoms with E-state index in [-0.39, 0.29) is 23.3 Å². The van der Waals surface area contributed by atoms with Crippen molar-refractivity contribution in [1.82, 2.24) is 9.47 Å². The number of carbonyl (C=O) groups is 3. The minimum absolute atomic E-state index is 0.0471. The third-order valence-electron chi connectivity index (χ3n) is 5.60. The van der Waals surface area contributed by atoms with Gasteiger partial charge in [0.05, 0.1) is 13.2 Å². The maximum absolute atomic E-state index is 13.6. The molecule has 2 aromatic rings. The van der Waals surface area contributed by atoms with Crippen molar-refractivity contribution in [2.45, 2.75) is 45.7 Å². The molecule has 0 spiro atoms. The number of esters is 1. The van der Waals surface area contributed by atoms with Crippen LogP contribution < -0.4 is 0 Å². The standard InChI is InChI=1S/C22H25FN2O4/c1-12-18(13(2)24(4)19(12)22(28)29-5)20(26)14(3)25(17-9-10-17)21(27)15-7-6-8-16(23)11-15/h6-8,11,14,17H,9-10H2,1-5H3/t14-/m0/s1. The van der Waals surface area contributed by atoms with Crippen molar-refractivity contribution in [3.05, 3.63) is 58.2 Å². The van der Waals surface area contributed by atoms with E-state index in [0.717, 1.165) is 12.8 Å². The number of halogens is 1. The number of carbonyl (C=O) groups excluding carboxylic acids is 3. The Hall–Kier alpha value is -2.96. The number of hydrogen-bond acceptors (Lipinski definition) is 4. The first-order valence-electron chi connectivity index (χ1n) is 9.55. The van der Waals surface area contributed by atoms with Crippen molar-refractivity contribution < 1.29 is 23.5 Å². The summed E-state index contributed by atoms with van der Waals surface area (Å²) in [6.45, 7) is 5.14. The molecule has 1 aliphatic rings. The lowest BCUT2D eigenvalue weighted by molar-refractivity contribution is 0.0587. The van der Waals surface area contributed by atoms with Gasteiger partial charge in [0, 0.05) is 29.9 Å². The highest BCUT2D eigenvalue weighted by molar-refractivity contribution is 6.07. The van der Waals surface area contributed by atoms with Crippen molar-refractivity contribution in [3.8, 4) is 0 Å². The molecule has 154 valence electrons. The van der Waals surface area contributed by atoms with Crippen LogP contribution in [-0.2, 0) is 11.8 Å². The van der Waals surface area contributed by atoms with Gasteiger partial charge in [-0.3, -0.25) is 9.59 Å². The fourth-order valence-electron chi connectivity index (χ4n) is 3.84. The number of ether oxygens (including phenoxy) is 1. The fraction of sp³-hybridized carbons (Fsp3) is 0.409. The van der Waals surface area contributed by atoms with Gasteiger partial charge in [0.15, 0.2) is 5.78 Å². The van der Waals surface area contributed by atoms with Crippen LogP contribution in [0.3, 0.4) is 0 Å². The fourth-order valence-corrected chi connectivity index (χ4v) is 3.84. The molecule has 1 aliphatic carbocycles. The molecule has 0 unspecified atom stereocenters. The largest absolute Gasteiger partial charge is 0.464 e. The average Bonchev–Trinajstić information content (AvgIpc) is 3.49. The van der Waals surface area contributed by atoms with Gasteiger partial charge in [-0.15, -0.1) is 0 Å². The van der Waals surface area contributed by atoms with Crippen LogP contribution in [0, 0.1) is 19.7 Å². The molecule has 1 atom stereocenters. The molecule has 0 bridgehead atoms. The van der Waals surface area contributed by atoms with Crippen molar-refractivity contribution in [2.75, 3.05) is 7.11 Å². The maximum Gasteiger partial charge on any atom is 0.354 e. The van der Waals surface area contributed by atoms with Crippen molar-refractivity contribution in [3.63, 3.8) is 0 Å². The van der Waals surface area contributed by atoms with Gasteiger partial charge >= 0.3 is 5.97 Å². The predicted molar refractivity (Wildman–Crippen MR) is 106 cm³/mol. The monoisotopic (exact) mass is 400 g/mol. The Kier molecular flexibility index (Phi) is 5.59. The molecule has 1 saturated carbocycles. The smallest absolute Gasteiger partial charge is 0.354 e. The van der Waals surface area contributed by atoms with Gasteiger partial charge in [0.25, 0.3) is 5.91 Å². The van der Waals surface area contributed by atoms with Crippen molar-refractivity contribution >= 4 is 17.7 Å². The van der Waals surface area contributed by atoms with E-state index in [1.54, 1.807) is 43.4 Å². The molecule has 1 aromatic heterocycles. The molecule has 0 radical (unpaired) electrons. The lowest BCUT2D eigenvalue weighted by Crippen LogP contribution is -2.45. The van der Waals surface area contributed by atoms with E-state index in [0.29, 0.717) is 22.5 Å². The summed E-state index contributed by atoms with van der Waals surface area (Å²) >= 11 is 0. The van der Waals surface area contributed by atoms with Gasteiger partial charge in [-0.1, -0.05) is 6.07 Å². The van der Waals surface area contributed by atoms with Crippen LogP contribution in [0.25, 0.3) is 0 Å². The van der Waals surface area contributed by atoms with Gasteiger partial charge in [0.1, 0.15) is 11.5 Å². The zero-order valence-electron chi connectivity index (χ0n) is 17.3. The first-order chi connectivity index (χ1) is 13.7. The van der Waals surface area contributed by atoms with Crippen molar-refractivity contribution in [2.24, 2.45) is 7.05 Å². The zero-order valence-corrected chi connectivity index (χ0v) is 17.3. The lowest BCUT2D eigenvalue weighted by atomic mass is 9.99. The second-order valence-electron chi connectivity index (χ2n) is 7.48. The minimum atomic E-state index is -0.747. The second kappa shape index (κ2) is 7.81. The van der Waals surface area contributed by atoms with Crippen molar-refractivity contribution in [1.29, 1.82) is 0 Å². The Morgan fingerprint density at radius 2 is 1.90 bits per heavy atom. The summed E-state index contributed by atoms with van der Waals surface area (Å²) in [7, 11) is 2.99. The molecule has 1 heterocycles. The van der Waals surface area contributed by atoms with E-state index in [1.807, 2.05) is 0 Å². The van der Waals surface area contributed by atoms with Gasteiger partial charge in [-0.2, -0.15) is 0 Å². The summed E-state index contributed by atoms with van der Waals surface area (Å²) in [6, 6.07) is 4.69. The number of Topliss-reactive ketones (excluding diaryl/α,β-unsaturated/α-hetero) is 1. The quantitative estimate of drug-likeness (QED) is 0.550. The average molecular weight is 400 g/mol. The van der Waals surface area contributed by atoms with Crippen LogP contribution in [0.4, 0.5) is 4.39 Å². The summed E-state index contributed by atoms with van der Waals surface area (Å²) in [5.41, 5.74) is 2.11. The predicted octanol–water partition coefficient (Wildman–Crippen LogP) is 3.44. The Morgan fingerprint density at radius 1 is 1.24 bits per heavy atom. The van der Waals surface area contributed by atoms with Crippen LogP contribution in [0.15, 0.2) is 24.3 Å². The highest BCUT2D eigenvalue weighted by atomic mass is 19.1. The molecule has 7 heteroatoms. The molecule has 0 saturated heterocycles. The summed E-state index contributed by atoms with van der Waals surface area (Å²) in [4.78, 5) is 40.2. The molecule has 0 aliphatic heterocycles. The summed E-state index contributed by atoms with van der Waals surface area (Å²) in [5.74, 6) is -1.63. The van der Waals surface area contributed by atoms with Crippen LogP contribution in [-0.4, -0.2) is 46.3 Å². The molecule has 1 amide bonds. The molecular weight excluding hydrogens is 375 g/mol. The normalized spacial score (nSPS) is 14.4. The summed E-state index contributed by atoms with van der Waals surface area (Å²) in [6.07, 6.45) is 1.61. The first-order valence-corrected chi connectivity index (χ1v) is 9.55. The van der Waals surface area contributed by atoms with Gasteiger partial charge in [-0.25, -0.2) is 9.18 Å². The van der Waals surface area contributed by atoms with E-state index < -0.39 is 17.8 Å². The van der Waals surface area contributed by atoms with E-state index in [4.69, 9.17) is 4.74 Å². The zero-order chi connectivity index (χ0) is 21.5. The third-order valence-corrected chi connectivity index (χ3v) is 5.60. The number of benzene rings is 1. The SMILES string of the molecule is COC(=O)c1c(C)c(C(=O)[C@H](C)N(C(=O)c2cccc(F)c2)C2CC2)c(C)n1C. The Labute approximate surface area is 169 Å². The second-order valence-corrected chi connectivity index (χ2v) is 7.48. The Balaban J connectivity index is 1.98. The van der Waals surface area contributed by atoms with E-state index in [9.17, 15) is 18.8 Å². The molecule has 29 heavy (non-hydrogen) atoms. The Morgan fingerprint density at radius 3 is 2.45 bits per heavy atom. The number of aromatic nitrogens is 1. The molecule has 1 aromatic carbocycles. The van der Waals surface area contributed by atoms with Crippen LogP contribution >= 0.6 is 0 Å². The summed E-state index contributed by atoms with van der Waals surface area (Å²) in [5, 5.41) is 0. The molecule has 3 rings (SSSR count). The Bertz CT molecular complexity index is 991. The summed E-state index contributed by atoms with van der Waals surface area (Å²) < 4.78 is 20.1. The van der Waals surface area contributed by atoms with Gasteiger partial charge in [-0.05, 0) is 57.4 Å². The van der Waals surface area contributed by atoms with E-state index in [2.05, 4.69) is 0 Å². The number of amides is 1.